The molecule has 4 aromatic rings. The molecule has 0 spiro atoms. The molecule has 0 saturated heterocycles. The summed E-state index contributed by atoms with van der Waals surface area (Å²) in [7, 11) is 0. The van der Waals surface area contributed by atoms with Crippen molar-refractivity contribution in [3.63, 3.8) is 0 Å². The van der Waals surface area contributed by atoms with Crippen LogP contribution < -0.4 is 0 Å². The number of nitrogens with zero attached hydrogens (tertiary/aromatic N) is 4. The van der Waals surface area contributed by atoms with Crippen molar-refractivity contribution in [3.8, 4) is 22.4 Å². The minimum Gasteiger partial charge on any atom is -0.256 e. The summed E-state index contributed by atoms with van der Waals surface area (Å²) in [5.41, 5.74) is 8.69. The van der Waals surface area contributed by atoms with E-state index in [4.69, 9.17) is 0 Å². The summed E-state index contributed by atoms with van der Waals surface area (Å²) in [4.78, 5) is 4.54. The molecule has 0 bridgehead atoms. The van der Waals surface area contributed by atoms with Crippen LogP contribution in [0.25, 0.3) is 22.4 Å². The van der Waals surface area contributed by atoms with Gasteiger partial charge < -0.3 is 0 Å². The van der Waals surface area contributed by atoms with E-state index in [9.17, 15) is 0 Å². The molecule has 1 aliphatic heterocycles. The van der Waals surface area contributed by atoms with Crippen molar-refractivity contribution in [1.82, 2.24) is 4.98 Å². The number of hydrogen-bond donors (Lipinski definition) is 0. The molecule has 0 saturated carbocycles. The Morgan fingerprint density at radius 2 is 1.47 bits per heavy atom. The van der Waals surface area contributed by atoms with Gasteiger partial charge in [-0.05, 0) is 47.9 Å². The molecule has 30 heavy (non-hydrogen) atoms. The molecule has 0 N–H and O–H groups in total. The van der Waals surface area contributed by atoms with Crippen LogP contribution in [-0.2, 0) is 0 Å². The Morgan fingerprint density at radius 3 is 2.33 bits per heavy atom. The lowest BCUT2D eigenvalue weighted by Gasteiger charge is -2.06. The maximum absolute atomic E-state index is 4.54. The van der Waals surface area contributed by atoms with E-state index in [2.05, 4.69) is 95.0 Å². The fraction of sp³-hybridized carbons (Fsp3) is 0.0769. The van der Waals surface area contributed by atoms with Crippen LogP contribution in [0.3, 0.4) is 0 Å². The highest BCUT2D eigenvalue weighted by Gasteiger charge is 2.24. The van der Waals surface area contributed by atoms with Crippen molar-refractivity contribution in [1.29, 1.82) is 0 Å². The van der Waals surface area contributed by atoms with E-state index < -0.39 is 0 Å². The molecule has 3 aromatic carbocycles. The largest absolute Gasteiger partial charge is 0.256 e. The Kier molecular flexibility index (Phi) is 4.74. The fourth-order valence-corrected chi connectivity index (χ4v) is 3.72. The molecule has 4 nitrogen and oxygen atoms in total. The predicted octanol–water partition coefficient (Wildman–Crippen LogP) is 6.24. The van der Waals surface area contributed by atoms with E-state index in [1.54, 1.807) is 0 Å². The number of rotatable bonds is 4. The number of hydrogen-bond acceptors (Lipinski definition) is 3. The molecule has 0 unspecified atom stereocenters. The Labute approximate surface area is 175 Å². The maximum Gasteiger partial charge on any atom is 0.231 e. The van der Waals surface area contributed by atoms with Crippen LogP contribution in [0.2, 0.25) is 0 Å². The Balaban J connectivity index is 1.39. The van der Waals surface area contributed by atoms with Gasteiger partial charge in [-0.3, -0.25) is 4.98 Å². The molecule has 0 aliphatic carbocycles. The van der Waals surface area contributed by atoms with Crippen LogP contribution in [0.5, 0.6) is 0 Å². The summed E-state index contributed by atoms with van der Waals surface area (Å²) in [5, 5.41) is 8.89. The summed E-state index contributed by atoms with van der Waals surface area (Å²) in [6.07, 6.45) is 1.83. The molecule has 0 amide bonds. The van der Waals surface area contributed by atoms with E-state index in [0.717, 1.165) is 33.8 Å². The summed E-state index contributed by atoms with van der Waals surface area (Å²) in [6.45, 7) is 2.72. The molecule has 1 aliphatic rings. The third-order valence-corrected chi connectivity index (χ3v) is 5.30. The van der Waals surface area contributed by atoms with Crippen molar-refractivity contribution in [2.45, 2.75) is 6.92 Å². The predicted molar refractivity (Wildman–Crippen MR) is 120 cm³/mol. The third kappa shape index (κ3) is 3.55. The van der Waals surface area contributed by atoms with Crippen molar-refractivity contribution >= 4 is 11.4 Å². The normalized spacial score (nSPS) is 13.1. The molecule has 4 heteroatoms. The first-order valence-corrected chi connectivity index (χ1v) is 10.0. The van der Waals surface area contributed by atoms with Crippen LogP contribution >= 0.6 is 0 Å². The van der Waals surface area contributed by atoms with Crippen LogP contribution in [0.4, 0.5) is 5.69 Å². The van der Waals surface area contributed by atoms with Gasteiger partial charge in [0, 0.05) is 17.3 Å². The molecule has 144 valence electrons. The van der Waals surface area contributed by atoms with E-state index in [-0.39, 0.29) is 0 Å². The zero-order valence-corrected chi connectivity index (χ0v) is 16.7. The smallest absolute Gasteiger partial charge is 0.231 e. The number of aryl methyl sites for hydroxylation is 1. The van der Waals surface area contributed by atoms with Crippen LogP contribution in [0.15, 0.2) is 108 Å². The number of pyridine rings is 1. The van der Waals surface area contributed by atoms with Crippen molar-refractivity contribution in [2.75, 3.05) is 6.54 Å². The second-order valence-electron chi connectivity index (χ2n) is 7.36. The molecule has 0 fully saturated rings. The van der Waals surface area contributed by atoms with Crippen molar-refractivity contribution < 1.29 is 4.70 Å². The summed E-state index contributed by atoms with van der Waals surface area (Å²) < 4.78 is 1.94. The first-order valence-electron chi connectivity index (χ1n) is 10.0. The Bertz CT molecular complexity index is 1270. The standard InChI is InChI=1S/C26H21N4/c1-19-8-7-15-27-26(19)23-13-6-14-24(17-23)30-18-25(28-29-30)22-12-5-11-21(16-22)20-9-3-2-4-10-20/h2-17H,18H2,1H3/q+1. The minimum absolute atomic E-state index is 0.642. The topological polar surface area (TPSA) is 40.6 Å². The van der Waals surface area contributed by atoms with E-state index in [1.165, 1.54) is 11.1 Å². The molecular weight excluding hydrogens is 368 g/mol. The third-order valence-electron chi connectivity index (χ3n) is 5.30. The van der Waals surface area contributed by atoms with E-state index >= 15 is 0 Å². The lowest BCUT2D eigenvalue weighted by molar-refractivity contribution is -0.492. The SMILES string of the molecule is Cc1cccnc1-c1cccc([N+]2=NN=C(c3cccc(-c4ccccc4)c3)C2)c1. The summed E-state index contributed by atoms with van der Waals surface area (Å²) >= 11 is 0. The van der Waals surface area contributed by atoms with Crippen LogP contribution in [0, 0.1) is 6.92 Å². The van der Waals surface area contributed by atoms with E-state index in [0.29, 0.717) is 6.54 Å². The van der Waals surface area contributed by atoms with Gasteiger partial charge in [0.15, 0.2) is 12.2 Å². The zero-order valence-electron chi connectivity index (χ0n) is 16.7. The van der Waals surface area contributed by atoms with Gasteiger partial charge in [-0.2, -0.15) is 0 Å². The van der Waals surface area contributed by atoms with Gasteiger partial charge in [0.2, 0.25) is 5.71 Å². The van der Waals surface area contributed by atoms with E-state index in [1.807, 2.05) is 29.1 Å². The monoisotopic (exact) mass is 389 g/mol. The first-order chi connectivity index (χ1) is 14.8. The highest BCUT2D eigenvalue weighted by molar-refractivity contribution is 6.02. The average molecular weight is 389 g/mol. The Morgan fingerprint density at radius 1 is 0.700 bits per heavy atom. The van der Waals surface area contributed by atoms with Gasteiger partial charge in [0.25, 0.3) is 0 Å². The number of benzene rings is 3. The molecule has 0 atom stereocenters. The van der Waals surface area contributed by atoms with Gasteiger partial charge in [-0.25, -0.2) is 0 Å². The van der Waals surface area contributed by atoms with Gasteiger partial charge in [0.05, 0.1) is 10.8 Å². The molecule has 2 heterocycles. The van der Waals surface area contributed by atoms with Gasteiger partial charge in [-0.15, -0.1) is 4.70 Å². The average Bonchev–Trinajstić information content (AvgIpc) is 3.31. The lowest BCUT2D eigenvalue weighted by Crippen LogP contribution is -2.11. The number of aromatic nitrogens is 1. The second kappa shape index (κ2) is 7.84. The van der Waals surface area contributed by atoms with Gasteiger partial charge in [0.1, 0.15) is 5.22 Å². The molecule has 1 aromatic heterocycles. The van der Waals surface area contributed by atoms with Crippen LogP contribution in [0.1, 0.15) is 11.1 Å². The second-order valence-corrected chi connectivity index (χ2v) is 7.36. The van der Waals surface area contributed by atoms with Crippen molar-refractivity contribution in [3.05, 3.63) is 108 Å². The summed E-state index contributed by atoms with van der Waals surface area (Å²) in [5.74, 6) is 0. The van der Waals surface area contributed by atoms with Gasteiger partial charge >= 0.3 is 0 Å². The molecule has 0 radical (unpaired) electrons. The fourth-order valence-electron chi connectivity index (χ4n) is 3.72. The molecule has 5 rings (SSSR count). The highest BCUT2D eigenvalue weighted by atomic mass is 15.5. The first kappa shape index (κ1) is 18.1. The molecular formula is C26H21N4+. The van der Waals surface area contributed by atoms with Crippen LogP contribution in [-0.4, -0.2) is 21.9 Å². The van der Waals surface area contributed by atoms with Gasteiger partial charge in [-0.1, -0.05) is 66.7 Å². The highest BCUT2D eigenvalue weighted by Crippen LogP contribution is 2.27. The summed E-state index contributed by atoms with van der Waals surface area (Å²) in [6, 6.07) is 31.2. The van der Waals surface area contributed by atoms with Crippen molar-refractivity contribution in [2.24, 2.45) is 10.3 Å². The quantitative estimate of drug-likeness (QED) is 0.381. The minimum atomic E-state index is 0.642. The lowest BCUT2D eigenvalue weighted by atomic mass is 10.0. The Hall–Kier alpha value is -3.92. The zero-order chi connectivity index (χ0) is 20.3. The maximum atomic E-state index is 4.54.